The van der Waals surface area contributed by atoms with Gasteiger partial charge in [0.25, 0.3) is 0 Å². The zero-order chi connectivity index (χ0) is 14.1. The lowest BCUT2D eigenvalue weighted by atomic mass is 10.0. The van der Waals surface area contributed by atoms with Gasteiger partial charge in [0.15, 0.2) is 0 Å². The molecular formula is C16H22N4. The molecule has 0 unspecified atom stereocenters. The topological polar surface area (TPSA) is 34.0 Å². The van der Waals surface area contributed by atoms with Gasteiger partial charge in [-0.2, -0.15) is 0 Å². The molecule has 0 aliphatic carbocycles. The maximum atomic E-state index is 4.19. The van der Waals surface area contributed by atoms with Gasteiger partial charge in [-0.25, -0.2) is 0 Å². The zero-order valence-corrected chi connectivity index (χ0v) is 12.6. The summed E-state index contributed by atoms with van der Waals surface area (Å²) in [6, 6.07) is 4.65. The maximum Gasteiger partial charge on any atom is 0.134 e. The van der Waals surface area contributed by atoms with Crippen LogP contribution in [0.1, 0.15) is 28.1 Å². The van der Waals surface area contributed by atoms with E-state index in [0.717, 1.165) is 38.4 Å². The normalized spacial score (nSPS) is 15.9. The van der Waals surface area contributed by atoms with Crippen molar-refractivity contribution in [1.29, 1.82) is 0 Å². The molecule has 0 atom stereocenters. The van der Waals surface area contributed by atoms with Crippen molar-refractivity contribution < 1.29 is 0 Å². The van der Waals surface area contributed by atoms with Crippen LogP contribution in [0, 0.1) is 20.8 Å². The number of nitrogens with zero attached hydrogens (tertiary/aromatic N) is 4. The summed E-state index contributed by atoms with van der Waals surface area (Å²) >= 11 is 0. The third-order valence-electron chi connectivity index (χ3n) is 4.35. The molecule has 1 aromatic heterocycles. The minimum Gasteiger partial charge on any atom is -0.316 e. The molecule has 2 aromatic rings. The average Bonchev–Trinajstić information content (AvgIpc) is 2.78. The Morgan fingerprint density at radius 3 is 2.65 bits per heavy atom. The molecule has 3 rings (SSSR count). The van der Waals surface area contributed by atoms with Crippen LogP contribution in [0.15, 0.2) is 18.5 Å². The molecule has 1 aliphatic heterocycles. The van der Waals surface area contributed by atoms with E-state index in [-0.39, 0.29) is 0 Å². The second-order valence-electron chi connectivity index (χ2n) is 5.83. The lowest BCUT2D eigenvalue weighted by Crippen LogP contribution is -2.27. The summed E-state index contributed by atoms with van der Waals surface area (Å²) in [5, 5.41) is 8.17. The van der Waals surface area contributed by atoms with Crippen LogP contribution in [0.4, 0.5) is 0 Å². The highest BCUT2D eigenvalue weighted by Crippen LogP contribution is 2.18. The first-order valence-corrected chi connectivity index (χ1v) is 7.29. The molecule has 1 aromatic carbocycles. The number of hydrogen-bond acceptors (Lipinski definition) is 3. The lowest BCUT2D eigenvalue weighted by Gasteiger charge is -2.21. The number of benzene rings is 1. The van der Waals surface area contributed by atoms with E-state index in [4.69, 9.17) is 0 Å². The van der Waals surface area contributed by atoms with Crippen LogP contribution in [-0.4, -0.2) is 32.8 Å². The Balaban J connectivity index is 1.73. The van der Waals surface area contributed by atoms with Crippen molar-refractivity contribution in [2.75, 3.05) is 13.1 Å². The summed E-state index contributed by atoms with van der Waals surface area (Å²) in [6.45, 7) is 10.8. The Morgan fingerprint density at radius 2 is 1.80 bits per heavy atom. The van der Waals surface area contributed by atoms with E-state index in [1.807, 2.05) is 6.33 Å². The zero-order valence-electron chi connectivity index (χ0n) is 12.6. The number of aromatic nitrogens is 3. The van der Waals surface area contributed by atoms with Crippen molar-refractivity contribution in [3.8, 4) is 0 Å². The van der Waals surface area contributed by atoms with Gasteiger partial charge in [0.05, 0.1) is 0 Å². The maximum absolute atomic E-state index is 4.19. The molecule has 4 heteroatoms. The number of aryl methyl sites for hydroxylation is 3. The van der Waals surface area contributed by atoms with Crippen LogP contribution in [0.2, 0.25) is 0 Å². The molecule has 0 saturated heterocycles. The first kappa shape index (κ1) is 13.3. The molecule has 4 nitrogen and oxygen atoms in total. The Morgan fingerprint density at radius 1 is 1.00 bits per heavy atom. The van der Waals surface area contributed by atoms with E-state index in [2.05, 4.69) is 52.6 Å². The molecule has 0 saturated carbocycles. The highest BCUT2D eigenvalue weighted by molar-refractivity contribution is 5.36. The molecule has 0 spiro atoms. The third-order valence-corrected chi connectivity index (χ3v) is 4.35. The van der Waals surface area contributed by atoms with Gasteiger partial charge < -0.3 is 4.57 Å². The molecule has 0 fully saturated rings. The number of rotatable bonds is 2. The Hall–Kier alpha value is -1.68. The second-order valence-corrected chi connectivity index (χ2v) is 5.83. The lowest BCUT2D eigenvalue weighted by molar-refractivity contribution is 0.270. The van der Waals surface area contributed by atoms with Gasteiger partial charge in [-0.15, -0.1) is 10.2 Å². The Kier molecular flexibility index (Phi) is 3.57. The largest absolute Gasteiger partial charge is 0.316 e. The highest BCUT2D eigenvalue weighted by Gasteiger charge is 2.15. The minimum atomic E-state index is 0.990. The summed E-state index contributed by atoms with van der Waals surface area (Å²) < 4.78 is 2.17. The fraction of sp³-hybridized carbons (Fsp3) is 0.500. The van der Waals surface area contributed by atoms with Gasteiger partial charge >= 0.3 is 0 Å². The van der Waals surface area contributed by atoms with Crippen LogP contribution in [0.5, 0.6) is 0 Å². The van der Waals surface area contributed by atoms with Crippen molar-refractivity contribution in [3.05, 3.63) is 46.5 Å². The van der Waals surface area contributed by atoms with Gasteiger partial charge in [0, 0.05) is 32.6 Å². The highest BCUT2D eigenvalue weighted by atomic mass is 15.3. The fourth-order valence-corrected chi connectivity index (χ4v) is 2.87. The van der Waals surface area contributed by atoms with Crippen molar-refractivity contribution in [1.82, 2.24) is 19.7 Å². The monoisotopic (exact) mass is 270 g/mol. The predicted molar refractivity (Wildman–Crippen MR) is 79.7 cm³/mol. The van der Waals surface area contributed by atoms with Crippen molar-refractivity contribution in [2.24, 2.45) is 0 Å². The van der Waals surface area contributed by atoms with Crippen LogP contribution >= 0.6 is 0 Å². The average molecular weight is 270 g/mol. The van der Waals surface area contributed by atoms with Crippen molar-refractivity contribution >= 4 is 0 Å². The molecule has 106 valence electrons. The van der Waals surface area contributed by atoms with Gasteiger partial charge in [-0.3, -0.25) is 4.90 Å². The molecule has 0 N–H and O–H groups in total. The van der Waals surface area contributed by atoms with E-state index in [0.29, 0.717) is 0 Å². The van der Waals surface area contributed by atoms with Crippen LogP contribution in [0.3, 0.4) is 0 Å². The fourth-order valence-electron chi connectivity index (χ4n) is 2.87. The molecule has 1 aliphatic rings. The van der Waals surface area contributed by atoms with Gasteiger partial charge in [0.1, 0.15) is 12.2 Å². The van der Waals surface area contributed by atoms with E-state index >= 15 is 0 Å². The van der Waals surface area contributed by atoms with Gasteiger partial charge in [0.2, 0.25) is 0 Å². The van der Waals surface area contributed by atoms with Crippen molar-refractivity contribution in [3.63, 3.8) is 0 Å². The second kappa shape index (κ2) is 5.37. The molecule has 0 bridgehead atoms. The third kappa shape index (κ3) is 2.61. The van der Waals surface area contributed by atoms with Gasteiger partial charge in [-0.05, 0) is 43.0 Å². The Labute approximate surface area is 120 Å². The molecule has 2 heterocycles. The standard InChI is InChI=1S/C16H22N4/c1-12-8-14(3)15(9-13(12)2)10-19-5-4-16-18-17-11-20(16)7-6-19/h8-9,11H,4-7,10H2,1-3H3. The summed E-state index contributed by atoms with van der Waals surface area (Å²) in [5.41, 5.74) is 5.62. The first-order chi connectivity index (χ1) is 9.63. The molecule has 0 amide bonds. The summed E-state index contributed by atoms with van der Waals surface area (Å²) in [7, 11) is 0. The minimum absolute atomic E-state index is 0.990. The number of fused-ring (bicyclic) bond motifs is 1. The molecular weight excluding hydrogens is 248 g/mol. The quantitative estimate of drug-likeness (QED) is 0.839. The Bertz CT molecular complexity index is 592. The van der Waals surface area contributed by atoms with Crippen LogP contribution in [-0.2, 0) is 19.5 Å². The van der Waals surface area contributed by atoms with E-state index in [1.165, 1.54) is 22.3 Å². The van der Waals surface area contributed by atoms with Gasteiger partial charge in [-0.1, -0.05) is 12.1 Å². The summed E-state index contributed by atoms with van der Waals surface area (Å²) in [6.07, 6.45) is 2.84. The van der Waals surface area contributed by atoms with E-state index in [9.17, 15) is 0 Å². The summed E-state index contributed by atoms with van der Waals surface area (Å²) in [4.78, 5) is 2.52. The van der Waals surface area contributed by atoms with E-state index in [1.54, 1.807) is 0 Å². The molecule has 20 heavy (non-hydrogen) atoms. The molecule has 0 radical (unpaired) electrons. The smallest absolute Gasteiger partial charge is 0.134 e. The van der Waals surface area contributed by atoms with Crippen LogP contribution in [0.25, 0.3) is 0 Å². The van der Waals surface area contributed by atoms with E-state index < -0.39 is 0 Å². The van der Waals surface area contributed by atoms with Crippen LogP contribution < -0.4 is 0 Å². The van der Waals surface area contributed by atoms with Crippen molar-refractivity contribution in [2.45, 2.75) is 40.3 Å². The predicted octanol–water partition coefficient (Wildman–Crippen LogP) is 2.26. The first-order valence-electron chi connectivity index (χ1n) is 7.29. The summed E-state index contributed by atoms with van der Waals surface area (Å²) in [5.74, 6) is 1.12. The number of hydrogen-bond donors (Lipinski definition) is 0. The SMILES string of the molecule is Cc1cc(C)c(CN2CCc3nncn3CC2)cc1C.